The van der Waals surface area contributed by atoms with Crippen LogP contribution in [0.15, 0.2) is 84.3 Å². The first kappa shape index (κ1) is 34.4. The SMILES string of the molecule is C[C@H](CO)N1C[C@H](C)[C@@H](CN(C)Cc2ccc(C(=O)Nc3ccccc3N)cc2)Oc2c(NS(=O)(=O)c3cn(C)cn3)cccc2C1=O. The van der Waals surface area contributed by atoms with Gasteiger partial charge in [0.2, 0.25) is 0 Å². The van der Waals surface area contributed by atoms with Crippen molar-refractivity contribution in [2.45, 2.75) is 37.6 Å². The number of aryl methyl sites for hydroxylation is 1. The standard InChI is InChI=1S/C34H41N7O6S/c1-22-16-41(23(2)20-42)34(44)26-8-7-11-29(38-48(45,46)31-19-40(4)21-36-31)32(26)47-30(22)18-39(3)17-24-12-14-25(15-13-24)33(43)37-28-10-6-5-9-27(28)35/h5-15,19,21-23,30,38,42H,16-18,20,35H2,1-4H3,(H,37,43)/t22-,23+,30+/m0/s1. The lowest BCUT2D eigenvalue weighted by Crippen LogP contribution is -2.49. The maximum atomic E-state index is 13.8. The molecule has 1 aliphatic heterocycles. The summed E-state index contributed by atoms with van der Waals surface area (Å²) in [4.78, 5) is 34.2. The van der Waals surface area contributed by atoms with Gasteiger partial charge in [-0.25, -0.2) is 4.98 Å². The Labute approximate surface area is 280 Å². The molecule has 0 radical (unpaired) electrons. The van der Waals surface area contributed by atoms with Crippen LogP contribution in [0.3, 0.4) is 0 Å². The fourth-order valence-corrected chi connectivity index (χ4v) is 6.56. The Bertz CT molecular complexity index is 1880. The first-order valence-electron chi connectivity index (χ1n) is 15.5. The Morgan fingerprint density at radius 1 is 1.12 bits per heavy atom. The fourth-order valence-electron chi connectivity index (χ4n) is 5.52. The first-order valence-corrected chi connectivity index (χ1v) is 17.0. The van der Waals surface area contributed by atoms with Gasteiger partial charge in [0, 0.05) is 44.4 Å². The molecule has 3 atom stereocenters. The third kappa shape index (κ3) is 7.78. The van der Waals surface area contributed by atoms with Crippen molar-refractivity contribution in [3.05, 3.63) is 95.9 Å². The number of rotatable bonds is 11. The topological polar surface area (TPSA) is 172 Å². The van der Waals surface area contributed by atoms with E-state index in [1.165, 1.54) is 17.1 Å². The summed E-state index contributed by atoms with van der Waals surface area (Å²) in [5, 5.41) is 12.6. The van der Waals surface area contributed by atoms with Crippen LogP contribution in [0, 0.1) is 5.92 Å². The molecule has 0 spiro atoms. The number of carbonyl (C=O) groups excluding carboxylic acids is 2. The molecule has 3 aromatic carbocycles. The number of aliphatic hydroxyl groups excluding tert-OH is 1. The van der Waals surface area contributed by atoms with Crippen LogP contribution in [0.1, 0.15) is 40.1 Å². The highest BCUT2D eigenvalue weighted by Crippen LogP contribution is 2.36. The van der Waals surface area contributed by atoms with Gasteiger partial charge in [-0.2, -0.15) is 8.42 Å². The van der Waals surface area contributed by atoms with Crippen LogP contribution in [0.25, 0.3) is 0 Å². The summed E-state index contributed by atoms with van der Waals surface area (Å²) >= 11 is 0. The first-order chi connectivity index (χ1) is 22.9. The number of likely N-dealkylation sites (N-methyl/N-ethyl adjacent to an activating group) is 1. The smallest absolute Gasteiger partial charge is 0.281 e. The Balaban J connectivity index is 1.36. The largest absolute Gasteiger partial charge is 0.486 e. The Morgan fingerprint density at radius 3 is 2.50 bits per heavy atom. The van der Waals surface area contributed by atoms with Crippen LogP contribution in [0.4, 0.5) is 17.1 Å². The van der Waals surface area contributed by atoms with E-state index in [0.717, 1.165) is 5.56 Å². The van der Waals surface area contributed by atoms with Crippen molar-refractivity contribution in [1.82, 2.24) is 19.4 Å². The molecule has 13 nitrogen and oxygen atoms in total. The Kier molecular flexibility index (Phi) is 10.4. The second-order valence-electron chi connectivity index (χ2n) is 12.2. The summed E-state index contributed by atoms with van der Waals surface area (Å²) in [5.41, 5.74) is 8.72. The van der Waals surface area contributed by atoms with Crippen LogP contribution in [-0.2, 0) is 23.6 Å². The van der Waals surface area contributed by atoms with Crippen molar-refractivity contribution >= 4 is 38.9 Å². The molecule has 0 saturated carbocycles. The number of anilines is 3. The molecule has 48 heavy (non-hydrogen) atoms. The van der Waals surface area contributed by atoms with Gasteiger partial charge in [0.15, 0.2) is 10.8 Å². The van der Waals surface area contributed by atoms with E-state index in [4.69, 9.17) is 10.5 Å². The highest BCUT2D eigenvalue weighted by molar-refractivity contribution is 7.92. The summed E-state index contributed by atoms with van der Waals surface area (Å²) in [6, 6.07) is 18.6. The number of hydrogen-bond acceptors (Lipinski definition) is 9. The van der Waals surface area contributed by atoms with Crippen molar-refractivity contribution in [3.8, 4) is 5.75 Å². The number of nitrogens with two attached hydrogens (primary N) is 1. The van der Waals surface area contributed by atoms with Gasteiger partial charge in [-0.1, -0.05) is 37.3 Å². The number of ether oxygens (including phenoxy) is 1. The summed E-state index contributed by atoms with van der Waals surface area (Å²) in [5.74, 6) is -0.732. The van der Waals surface area contributed by atoms with Crippen LogP contribution < -0.4 is 20.5 Å². The van der Waals surface area contributed by atoms with Crippen molar-refractivity contribution in [2.75, 3.05) is 42.5 Å². The number of aromatic nitrogens is 2. The minimum absolute atomic E-state index is 0.107. The van der Waals surface area contributed by atoms with Gasteiger partial charge in [0.25, 0.3) is 21.8 Å². The molecule has 0 saturated heterocycles. The number of carbonyl (C=O) groups is 2. The van der Waals surface area contributed by atoms with Crippen molar-refractivity contribution in [2.24, 2.45) is 13.0 Å². The van der Waals surface area contributed by atoms with Gasteiger partial charge in [-0.05, 0) is 55.9 Å². The van der Waals surface area contributed by atoms with Crippen LogP contribution >= 0.6 is 0 Å². The molecule has 2 heterocycles. The van der Waals surface area contributed by atoms with Crippen molar-refractivity contribution in [3.63, 3.8) is 0 Å². The average molecular weight is 676 g/mol. The molecule has 1 aliphatic rings. The van der Waals surface area contributed by atoms with E-state index >= 15 is 0 Å². The van der Waals surface area contributed by atoms with E-state index in [-0.39, 0.29) is 46.4 Å². The number of imidazole rings is 1. The molecule has 2 amide bonds. The minimum Gasteiger partial charge on any atom is -0.486 e. The second-order valence-corrected chi connectivity index (χ2v) is 13.9. The lowest BCUT2D eigenvalue weighted by molar-refractivity contribution is 0.0344. The van der Waals surface area contributed by atoms with Gasteiger partial charge >= 0.3 is 0 Å². The highest BCUT2D eigenvalue weighted by atomic mass is 32.2. The zero-order chi connectivity index (χ0) is 34.6. The van der Waals surface area contributed by atoms with E-state index < -0.39 is 22.2 Å². The zero-order valence-electron chi connectivity index (χ0n) is 27.3. The van der Waals surface area contributed by atoms with E-state index in [1.807, 2.05) is 26.1 Å². The summed E-state index contributed by atoms with van der Waals surface area (Å²) in [6.07, 6.45) is 2.29. The van der Waals surface area contributed by atoms with Gasteiger partial charge in [0.1, 0.15) is 6.10 Å². The normalized spacial score (nSPS) is 17.2. The molecular formula is C34H41N7O6S. The molecule has 0 fully saturated rings. The lowest BCUT2D eigenvalue weighted by atomic mass is 9.99. The number of aliphatic hydroxyl groups is 1. The van der Waals surface area contributed by atoms with Crippen molar-refractivity contribution < 1.29 is 27.9 Å². The Hall–Kier alpha value is -4.92. The van der Waals surface area contributed by atoms with Gasteiger partial charge in [-0.3, -0.25) is 19.2 Å². The molecule has 5 rings (SSSR count). The van der Waals surface area contributed by atoms with E-state index in [2.05, 4.69) is 19.9 Å². The summed E-state index contributed by atoms with van der Waals surface area (Å²) in [7, 11) is -0.496. The maximum absolute atomic E-state index is 13.8. The molecule has 0 unspecified atom stereocenters. The third-order valence-corrected chi connectivity index (χ3v) is 9.51. The summed E-state index contributed by atoms with van der Waals surface area (Å²) < 4.78 is 37.1. The number of nitrogens with zero attached hydrogens (tertiary/aromatic N) is 4. The predicted octanol–water partition coefficient (Wildman–Crippen LogP) is 3.41. The number of amides is 2. The number of sulfonamides is 1. The molecular weight excluding hydrogens is 634 g/mol. The molecule has 0 bridgehead atoms. The van der Waals surface area contributed by atoms with E-state index in [1.54, 1.807) is 73.5 Å². The van der Waals surface area contributed by atoms with Gasteiger partial charge < -0.3 is 30.4 Å². The van der Waals surface area contributed by atoms with Crippen molar-refractivity contribution in [1.29, 1.82) is 0 Å². The average Bonchev–Trinajstić information content (AvgIpc) is 3.51. The monoisotopic (exact) mass is 675 g/mol. The maximum Gasteiger partial charge on any atom is 0.281 e. The second kappa shape index (κ2) is 14.5. The van der Waals surface area contributed by atoms with E-state index in [9.17, 15) is 23.1 Å². The molecule has 0 aliphatic carbocycles. The minimum atomic E-state index is -4.10. The molecule has 5 N–H and O–H groups in total. The number of benzene rings is 3. The number of nitrogens with one attached hydrogen (secondary N) is 2. The van der Waals surface area contributed by atoms with E-state index in [0.29, 0.717) is 36.6 Å². The molecule has 4 aromatic rings. The zero-order valence-corrected chi connectivity index (χ0v) is 28.1. The number of para-hydroxylation sites is 3. The van der Waals surface area contributed by atoms with Gasteiger partial charge in [-0.15, -0.1) is 0 Å². The number of fused-ring (bicyclic) bond motifs is 1. The van der Waals surface area contributed by atoms with Crippen LogP contribution in [0.5, 0.6) is 5.75 Å². The number of nitrogen functional groups attached to an aromatic ring is 1. The lowest BCUT2D eigenvalue weighted by Gasteiger charge is -2.38. The third-order valence-electron chi connectivity index (χ3n) is 8.26. The van der Waals surface area contributed by atoms with Gasteiger partial charge in [0.05, 0.1) is 41.6 Å². The van der Waals surface area contributed by atoms with Crippen LogP contribution in [0.2, 0.25) is 0 Å². The Morgan fingerprint density at radius 2 is 1.83 bits per heavy atom. The quantitative estimate of drug-likeness (QED) is 0.174. The summed E-state index contributed by atoms with van der Waals surface area (Å²) in [6.45, 7) is 4.75. The highest BCUT2D eigenvalue weighted by Gasteiger charge is 2.35. The molecule has 254 valence electrons. The predicted molar refractivity (Wildman–Crippen MR) is 183 cm³/mol. The molecule has 14 heteroatoms. The molecule has 1 aromatic heterocycles. The fraction of sp³-hybridized carbons (Fsp3) is 0.324. The van der Waals surface area contributed by atoms with Crippen LogP contribution in [-0.4, -0.2) is 83.6 Å². The number of hydrogen-bond donors (Lipinski definition) is 4.